The van der Waals surface area contributed by atoms with Gasteiger partial charge in [0.25, 0.3) is 0 Å². The van der Waals surface area contributed by atoms with Crippen molar-refractivity contribution in [3.8, 4) is 23.8 Å². The lowest BCUT2D eigenvalue weighted by molar-refractivity contribution is 1.20. The van der Waals surface area contributed by atoms with Gasteiger partial charge < -0.3 is 0 Å². The topological polar surface area (TPSA) is 0 Å². The lowest BCUT2D eigenvalue weighted by Crippen LogP contribution is -2.29. The van der Waals surface area contributed by atoms with Crippen molar-refractivity contribution >= 4 is 29.6 Å². The predicted octanol–water partition coefficient (Wildman–Crippen LogP) is 6.37. The van der Waals surface area contributed by atoms with E-state index in [-0.39, 0.29) is 0 Å². The maximum atomic E-state index is 5.66. The molecule has 3 aromatic carbocycles. The van der Waals surface area contributed by atoms with Gasteiger partial charge in [-0.05, 0) is 63.9 Å². The molecule has 0 fully saturated rings. The highest BCUT2D eigenvalue weighted by Gasteiger charge is 2.24. The third-order valence-corrected chi connectivity index (χ3v) is 10.2. The fourth-order valence-electron chi connectivity index (χ4n) is 3.50. The molecule has 0 aliphatic carbocycles. The van der Waals surface area contributed by atoms with Crippen LogP contribution in [0.3, 0.4) is 0 Å². The summed E-state index contributed by atoms with van der Waals surface area (Å²) in [6.45, 7) is 6.89. The van der Waals surface area contributed by atoms with Crippen LogP contribution >= 0.6 is 0 Å². The lowest BCUT2D eigenvalue weighted by Gasteiger charge is -2.20. The second kappa shape index (κ2) is 7.18. The first-order chi connectivity index (χ1) is 12.2. The van der Waals surface area contributed by atoms with Gasteiger partial charge in [0, 0.05) is 11.1 Å². The van der Waals surface area contributed by atoms with Crippen molar-refractivity contribution in [3.05, 3.63) is 59.7 Å². The maximum Gasteiger partial charge on any atom is 0.138 e. The van der Waals surface area contributed by atoms with Crippen molar-refractivity contribution in [2.24, 2.45) is 0 Å². The van der Waals surface area contributed by atoms with Crippen LogP contribution in [0.2, 0.25) is 18.1 Å². The molecule has 3 aromatic rings. The van der Waals surface area contributed by atoms with Crippen LogP contribution in [0.25, 0.3) is 21.5 Å². The molecule has 0 spiro atoms. The second-order valence-corrected chi connectivity index (χ2v) is 11.6. The number of benzene rings is 3. The van der Waals surface area contributed by atoms with Gasteiger partial charge in [-0.3, -0.25) is 0 Å². The third-order valence-electron chi connectivity index (χ3n) is 5.53. The minimum atomic E-state index is -1.44. The summed E-state index contributed by atoms with van der Waals surface area (Å²) >= 11 is 0. The maximum absolute atomic E-state index is 5.66. The highest BCUT2D eigenvalue weighted by Crippen LogP contribution is 2.27. The Morgan fingerprint density at radius 1 is 0.800 bits per heavy atom. The summed E-state index contributed by atoms with van der Waals surface area (Å²) < 4.78 is 0. The van der Waals surface area contributed by atoms with Gasteiger partial charge >= 0.3 is 0 Å². The minimum Gasteiger partial charge on any atom is -0.126 e. The number of rotatable bonds is 3. The van der Waals surface area contributed by atoms with Crippen LogP contribution in [0.1, 0.15) is 31.9 Å². The van der Waals surface area contributed by atoms with Gasteiger partial charge in [0.2, 0.25) is 0 Å². The quantitative estimate of drug-likeness (QED) is 0.295. The van der Waals surface area contributed by atoms with Crippen molar-refractivity contribution in [3.63, 3.8) is 0 Å². The van der Waals surface area contributed by atoms with Gasteiger partial charge in [-0.15, -0.1) is 12.0 Å². The molecule has 0 amide bonds. The Morgan fingerprint density at radius 2 is 1.32 bits per heavy atom. The zero-order chi connectivity index (χ0) is 17.9. The smallest absolute Gasteiger partial charge is 0.126 e. The van der Waals surface area contributed by atoms with E-state index >= 15 is 0 Å². The number of hydrogen-bond donors (Lipinski definition) is 0. The summed E-state index contributed by atoms with van der Waals surface area (Å²) in [4.78, 5) is 0. The van der Waals surface area contributed by atoms with E-state index in [2.05, 4.69) is 74.6 Å². The van der Waals surface area contributed by atoms with Gasteiger partial charge in [-0.25, -0.2) is 0 Å². The molecule has 0 aliphatic rings. The summed E-state index contributed by atoms with van der Waals surface area (Å²) in [5, 5.41) is 4.76. The van der Waals surface area contributed by atoms with Crippen LogP contribution in [0, 0.1) is 23.8 Å². The Labute approximate surface area is 152 Å². The normalized spacial score (nSPS) is 11.1. The summed E-state index contributed by atoms with van der Waals surface area (Å²) in [5.74, 6) is 6.34. The van der Waals surface area contributed by atoms with Crippen molar-refractivity contribution in [1.29, 1.82) is 0 Å². The van der Waals surface area contributed by atoms with Crippen molar-refractivity contribution in [1.82, 2.24) is 0 Å². The highest BCUT2D eigenvalue weighted by atomic mass is 28.3. The van der Waals surface area contributed by atoms with Gasteiger partial charge in [-0.2, -0.15) is 0 Å². The van der Waals surface area contributed by atoms with E-state index in [1.807, 2.05) is 12.1 Å². The van der Waals surface area contributed by atoms with E-state index < -0.39 is 8.07 Å². The predicted molar refractivity (Wildman–Crippen MR) is 113 cm³/mol. The Hall–Kier alpha value is -2.48. The molecule has 0 unspecified atom stereocenters. The van der Waals surface area contributed by atoms with Gasteiger partial charge in [0.15, 0.2) is 0 Å². The SMILES string of the molecule is C#Cc1cccc2cc3c(C#C[Si](CC)(CC)CC)cccc3cc12. The van der Waals surface area contributed by atoms with Gasteiger partial charge in [0.05, 0.1) is 0 Å². The van der Waals surface area contributed by atoms with Crippen LogP contribution in [0.4, 0.5) is 0 Å². The molecule has 0 aromatic heterocycles. The number of hydrogen-bond acceptors (Lipinski definition) is 0. The zero-order valence-corrected chi connectivity index (χ0v) is 16.3. The van der Waals surface area contributed by atoms with E-state index in [1.54, 1.807) is 0 Å². The van der Waals surface area contributed by atoms with Crippen LogP contribution in [0.5, 0.6) is 0 Å². The first-order valence-electron chi connectivity index (χ1n) is 9.11. The molecule has 124 valence electrons. The van der Waals surface area contributed by atoms with E-state index in [0.717, 1.165) is 16.5 Å². The standard InChI is InChI=1S/C24H24Si/c1-5-19-11-9-13-21-18-24-20(12-10-14-22(24)17-23(19)21)15-16-25(6-2,7-3)8-4/h1,9-14,17-18H,6-8H2,2-4H3. The summed E-state index contributed by atoms with van der Waals surface area (Å²) in [6, 6.07) is 20.7. The fourth-order valence-corrected chi connectivity index (χ4v) is 5.93. The summed E-state index contributed by atoms with van der Waals surface area (Å²) in [6.07, 6.45) is 5.66. The second-order valence-electron chi connectivity index (χ2n) is 6.64. The van der Waals surface area contributed by atoms with Crippen LogP contribution in [0.15, 0.2) is 48.5 Å². The van der Waals surface area contributed by atoms with E-state index in [9.17, 15) is 0 Å². The molecule has 0 saturated heterocycles. The summed E-state index contributed by atoms with van der Waals surface area (Å²) in [5.41, 5.74) is 5.80. The molecule has 0 bridgehead atoms. The van der Waals surface area contributed by atoms with Gasteiger partial charge in [0.1, 0.15) is 8.07 Å². The molecule has 0 heterocycles. The Balaban J connectivity index is 2.22. The number of fused-ring (bicyclic) bond motifs is 2. The van der Waals surface area contributed by atoms with Gasteiger partial charge in [-0.1, -0.05) is 56.9 Å². The molecular formula is C24H24Si. The van der Waals surface area contributed by atoms with E-state index in [1.165, 1.54) is 34.3 Å². The Morgan fingerprint density at radius 3 is 1.84 bits per heavy atom. The molecule has 0 atom stereocenters. The molecule has 0 nitrogen and oxygen atoms in total. The van der Waals surface area contributed by atoms with E-state index in [4.69, 9.17) is 6.42 Å². The Bertz CT molecular complexity index is 1010. The van der Waals surface area contributed by atoms with Crippen LogP contribution in [-0.4, -0.2) is 8.07 Å². The first-order valence-corrected chi connectivity index (χ1v) is 11.7. The molecule has 25 heavy (non-hydrogen) atoms. The first kappa shape index (κ1) is 17.3. The monoisotopic (exact) mass is 340 g/mol. The van der Waals surface area contributed by atoms with Crippen molar-refractivity contribution < 1.29 is 0 Å². The van der Waals surface area contributed by atoms with E-state index in [0.29, 0.717) is 0 Å². The summed E-state index contributed by atoms with van der Waals surface area (Å²) in [7, 11) is -1.44. The number of terminal acetylenes is 1. The lowest BCUT2D eigenvalue weighted by atomic mass is 9.97. The van der Waals surface area contributed by atoms with Crippen LogP contribution < -0.4 is 0 Å². The zero-order valence-electron chi connectivity index (χ0n) is 15.3. The fraction of sp³-hybridized carbons (Fsp3) is 0.250. The van der Waals surface area contributed by atoms with Crippen molar-refractivity contribution in [2.75, 3.05) is 0 Å². The average molecular weight is 341 g/mol. The molecule has 0 saturated carbocycles. The molecular weight excluding hydrogens is 316 g/mol. The average Bonchev–Trinajstić information content (AvgIpc) is 2.67. The minimum absolute atomic E-state index is 0.949. The molecule has 1 heteroatoms. The highest BCUT2D eigenvalue weighted by molar-refractivity contribution is 6.87. The molecule has 0 aliphatic heterocycles. The molecule has 0 N–H and O–H groups in total. The largest absolute Gasteiger partial charge is 0.138 e. The third kappa shape index (κ3) is 3.21. The van der Waals surface area contributed by atoms with Crippen molar-refractivity contribution in [2.45, 2.75) is 38.9 Å². The molecule has 3 rings (SSSR count). The Kier molecular flexibility index (Phi) is 4.98. The van der Waals surface area contributed by atoms with Crippen LogP contribution in [-0.2, 0) is 0 Å². The molecule has 0 radical (unpaired) electrons.